The van der Waals surface area contributed by atoms with Crippen molar-refractivity contribution in [3.63, 3.8) is 0 Å². The highest BCUT2D eigenvalue weighted by atomic mass is 32.2. The van der Waals surface area contributed by atoms with Crippen LogP contribution in [-0.2, 0) is 10.0 Å². The Morgan fingerprint density at radius 3 is 2.46 bits per heavy atom. The van der Waals surface area contributed by atoms with Crippen molar-refractivity contribution in [3.8, 4) is 0 Å². The molecule has 24 heavy (non-hydrogen) atoms. The molecule has 1 N–H and O–H groups in total. The largest absolute Gasteiger partial charge is 0.363 e. The minimum absolute atomic E-state index is 0.408. The maximum absolute atomic E-state index is 12.9. The van der Waals surface area contributed by atoms with Crippen LogP contribution in [0.1, 0.15) is 30.9 Å². The Morgan fingerprint density at radius 1 is 1.21 bits per heavy atom. The van der Waals surface area contributed by atoms with Crippen LogP contribution in [0.5, 0.6) is 0 Å². The maximum Gasteiger partial charge on any atom is 0.243 e. The first-order valence-electron chi connectivity index (χ1n) is 8.46. The molecule has 1 fully saturated rings. The molecule has 5 nitrogen and oxygen atoms in total. The summed E-state index contributed by atoms with van der Waals surface area (Å²) in [7, 11) is -3.44. The van der Waals surface area contributed by atoms with Crippen LogP contribution >= 0.6 is 12.2 Å². The Hall–Kier alpha value is -1.18. The van der Waals surface area contributed by atoms with Crippen LogP contribution in [0.3, 0.4) is 0 Å². The second-order valence-corrected chi connectivity index (χ2v) is 8.54. The van der Waals surface area contributed by atoms with Crippen molar-refractivity contribution in [1.82, 2.24) is 14.5 Å². The van der Waals surface area contributed by atoms with Crippen molar-refractivity contribution in [2.75, 3.05) is 32.7 Å². The number of benzene rings is 1. The van der Waals surface area contributed by atoms with Gasteiger partial charge in [-0.05, 0) is 44.1 Å². The lowest BCUT2D eigenvalue weighted by Gasteiger charge is -2.35. The van der Waals surface area contributed by atoms with Gasteiger partial charge in [-0.1, -0.05) is 31.0 Å². The molecule has 1 saturated heterocycles. The standard InChI is InChI=1S/C17H27N3O2S2/c1-4-5-8-18-17(23)19-9-11-20(12-10-19)24(21,22)16-7-6-14(2)13-15(16)3/h6-7,13H,4-5,8-12H2,1-3H3,(H,18,23). The average Bonchev–Trinajstić information content (AvgIpc) is 2.54. The molecule has 7 heteroatoms. The molecule has 0 aliphatic carbocycles. The van der Waals surface area contributed by atoms with Gasteiger partial charge in [0.05, 0.1) is 4.90 Å². The van der Waals surface area contributed by atoms with Crippen LogP contribution in [0, 0.1) is 13.8 Å². The van der Waals surface area contributed by atoms with E-state index in [0.717, 1.165) is 35.6 Å². The Morgan fingerprint density at radius 2 is 1.88 bits per heavy atom. The van der Waals surface area contributed by atoms with Gasteiger partial charge in [-0.2, -0.15) is 4.31 Å². The summed E-state index contributed by atoms with van der Waals surface area (Å²) in [6.45, 7) is 9.01. The minimum Gasteiger partial charge on any atom is -0.363 e. The molecule has 0 atom stereocenters. The number of nitrogens with zero attached hydrogens (tertiary/aromatic N) is 2. The Bertz CT molecular complexity index is 681. The van der Waals surface area contributed by atoms with E-state index in [9.17, 15) is 8.42 Å². The van der Waals surface area contributed by atoms with Crippen LogP contribution < -0.4 is 5.32 Å². The average molecular weight is 370 g/mol. The second-order valence-electron chi connectivity index (χ2n) is 6.25. The molecule has 0 amide bonds. The fourth-order valence-corrected chi connectivity index (χ4v) is 4.76. The highest BCUT2D eigenvalue weighted by molar-refractivity contribution is 7.89. The summed E-state index contributed by atoms with van der Waals surface area (Å²) < 4.78 is 27.3. The number of hydrogen-bond acceptors (Lipinski definition) is 3. The molecule has 0 unspecified atom stereocenters. The van der Waals surface area contributed by atoms with Crippen LogP contribution in [0.4, 0.5) is 0 Å². The third-order valence-electron chi connectivity index (χ3n) is 4.28. The zero-order valence-electron chi connectivity index (χ0n) is 14.7. The first-order chi connectivity index (χ1) is 11.4. The van der Waals surface area contributed by atoms with Gasteiger partial charge >= 0.3 is 0 Å². The monoisotopic (exact) mass is 369 g/mol. The molecule has 2 rings (SSSR count). The van der Waals surface area contributed by atoms with Gasteiger partial charge in [-0.15, -0.1) is 0 Å². The first kappa shape index (κ1) is 19.1. The lowest BCUT2D eigenvalue weighted by Crippen LogP contribution is -2.53. The highest BCUT2D eigenvalue weighted by Crippen LogP contribution is 2.22. The van der Waals surface area contributed by atoms with Crippen molar-refractivity contribution >= 4 is 27.4 Å². The van der Waals surface area contributed by atoms with E-state index in [1.54, 1.807) is 10.4 Å². The zero-order chi connectivity index (χ0) is 17.7. The van der Waals surface area contributed by atoms with Gasteiger partial charge in [-0.3, -0.25) is 0 Å². The van der Waals surface area contributed by atoms with E-state index in [0.29, 0.717) is 31.1 Å². The number of thiocarbonyl (C=S) groups is 1. The van der Waals surface area contributed by atoms with Crippen molar-refractivity contribution < 1.29 is 8.42 Å². The zero-order valence-corrected chi connectivity index (χ0v) is 16.3. The van der Waals surface area contributed by atoms with Gasteiger partial charge in [0.1, 0.15) is 0 Å². The lowest BCUT2D eigenvalue weighted by molar-refractivity contribution is 0.264. The molecule has 0 bridgehead atoms. The van der Waals surface area contributed by atoms with E-state index in [2.05, 4.69) is 17.1 Å². The number of nitrogens with one attached hydrogen (secondary N) is 1. The predicted octanol–water partition coefficient (Wildman–Crippen LogP) is 2.28. The van der Waals surface area contributed by atoms with Crippen LogP contribution in [0.15, 0.2) is 23.1 Å². The number of piperazine rings is 1. The van der Waals surface area contributed by atoms with E-state index in [1.807, 2.05) is 26.0 Å². The fraction of sp³-hybridized carbons (Fsp3) is 0.588. The van der Waals surface area contributed by atoms with Gasteiger partial charge in [-0.25, -0.2) is 8.42 Å². The molecule has 0 saturated carbocycles. The summed E-state index contributed by atoms with van der Waals surface area (Å²) in [5, 5.41) is 3.97. The third kappa shape index (κ3) is 4.46. The SMILES string of the molecule is CCCCNC(=S)N1CCN(S(=O)(=O)c2ccc(C)cc2C)CC1. The summed E-state index contributed by atoms with van der Waals surface area (Å²) in [5.74, 6) is 0. The van der Waals surface area contributed by atoms with E-state index in [4.69, 9.17) is 12.2 Å². The molecule has 0 spiro atoms. The van der Waals surface area contributed by atoms with Crippen LogP contribution in [0.2, 0.25) is 0 Å². The molecular weight excluding hydrogens is 342 g/mol. The van der Waals surface area contributed by atoms with E-state index >= 15 is 0 Å². The third-order valence-corrected chi connectivity index (χ3v) is 6.74. The van der Waals surface area contributed by atoms with E-state index in [1.165, 1.54) is 0 Å². The molecule has 0 aromatic heterocycles. The predicted molar refractivity (Wildman–Crippen MR) is 102 cm³/mol. The second kappa shape index (κ2) is 8.27. The summed E-state index contributed by atoms with van der Waals surface area (Å²) in [6.07, 6.45) is 2.21. The maximum atomic E-state index is 12.9. The molecular formula is C17H27N3O2S2. The highest BCUT2D eigenvalue weighted by Gasteiger charge is 2.30. The normalized spacial score (nSPS) is 16.2. The number of unbranched alkanes of at least 4 members (excludes halogenated alkanes) is 1. The van der Waals surface area contributed by atoms with Crippen molar-refractivity contribution in [3.05, 3.63) is 29.3 Å². The number of aryl methyl sites for hydroxylation is 2. The molecule has 134 valence electrons. The number of rotatable bonds is 5. The van der Waals surface area contributed by atoms with E-state index < -0.39 is 10.0 Å². The first-order valence-corrected chi connectivity index (χ1v) is 10.3. The molecule has 0 radical (unpaired) electrons. The van der Waals surface area contributed by atoms with Crippen LogP contribution in [-0.4, -0.2) is 55.5 Å². The van der Waals surface area contributed by atoms with Crippen LogP contribution in [0.25, 0.3) is 0 Å². The minimum atomic E-state index is -3.44. The Kier molecular flexibility index (Phi) is 6.60. The molecule has 1 aliphatic rings. The Labute approximate surface area is 151 Å². The molecule has 1 aromatic rings. The molecule has 1 aromatic carbocycles. The van der Waals surface area contributed by atoms with Gasteiger partial charge in [0.15, 0.2) is 5.11 Å². The molecule has 1 aliphatic heterocycles. The number of hydrogen-bond donors (Lipinski definition) is 1. The lowest BCUT2D eigenvalue weighted by atomic mass is 10.2. The summed E-state index contributed by atoms with van der Waals surface area (Å²) in [5.41, 5.74) is 1.87. The van der Waals surface area contributed by atoms with Gasteiger partial charge < -0.3 is 10.2 Å². The van der Waals surface area contributed by atoms with Gasteiger partial charge in [0, 0.05) is 32.7 Å². The summed E-state index contributed by atoms with van der Waals surface area (Å²) in [4.78, 5) is 2.46. The van der Waals surface area contributed by atoms with Gasteiger partial charge in [0.2, 0.25) is 10.0 Å². The number of sulfonamides is 1. The van der Waals surface area contributed by atoms with Crippen molar-refractivity contribution in [2.24, 2.45) is 0 Å². The quantitative estimate of drug-likeness (QED) is 0.637. The van der Waals surface area contributed by atoms with Gasteiger partial charge in [0.25, 0.3) is 0 Å². The fourth-order valence-electron chi connectivity index (χ4n) is 2.84. The van der Waals surface area contributed by atoms with Crippen molar-refractivity contribution in [2.45, 2.75) is 38.5 Å². The topological polar surface area (TPSA) is 52.6 Å². The summed E-state index contributed by atoms with van der Waals surface area (Å²) in [6, 6.07) is 5.47. The molecule has 1 heterocycles. The van der Waals surface area contributed by atoms with Crippen molar-refractivity contribution in [1.29, 1.82) is 0 Å². The smallest absolute Gasteiger partial charge is 0.243 e. The summed E-state index contributed by atoms with van der Waals surface area (Å²) >= 11 is 5.39. The Balaban J connectivity index is 1.99. The van der Waals surface area contributed by atoms with E-state index in [-0.39, 0.29) is 0 Å².